The van der Waals surface area contributed by atoms with Crippen LogP contribution in [0.25, 0.3) is 0 Å². The molecule has 0 bridgehead atoms. The Balaban J connectivity index is 2.18. The number of halogens is 1. The predicted molar refractivity (Wildman–Crippen MR) is 46.7 cm³/mol. The number of aliphatic hydroxyl groups is 1. The zero-order chi connectivity index (χ0) is 8.32. The number of rotatable bonds is 3. The Morgan fingerprint density at radius 1 is 1.64 bits per heavy atom. The Labute approximate surface area is 72.5 Å². The van der Waals surface area contributed by atoms with E-state index in [-0.39, 0.29) is 0 Å². The monoisotopic (exact) mass is 175 g/mol. The lowest BCUT2D eigenvalue weighted by Gasteiger charge is -2.45. The number of hydrogen-bond donors (Lipinski definition) is 1. The summed E-state index contributed by atoms with van der Waals surface area (Å²) in [5, 5.41) is 9.59. The van der Waals surface area contributed by atoms with Crippen molar-refractivity contribution in [2.24, 2.45) is 0 Å². The highest BCUT2D eigenvalue weighted by Crippen LogP contribution is 2.23. The van der Waals surface area contributed by atoms with E-state index < -0.39 is 5.60 Å². The lowest BCUT2D eigenvalue weighted by atomic mass is 9.91. The van der Waals surface area contributed by atoms with Gasteiger partial charge in [-0.2, -0.15) is 0 Å². The van der Waals surface area contributed by atoms with Crippen LogP contribution in [-0.2, 0) is 0 Å². The SMILES string of the molecule is CCC1(O)CN(C/C=C/Cl)C1. The summed E-state index contributed by atoms with van der Waals surface area (Å²) >= 11 is 5.36. The molecule has 0 atom stereocenters. The van der Waals surface area contributed by atoms with E-state index >= 15 is 0 Å². The molecule has 0 unspecified atom stereocenters. The van der Waals surface area contributed by atoms with Crippen LogP contribution in [0, 0.1) is 0 Å². The molecule has 0 amide bonds. The Hall–Kier alpha value is -0.0500. The maximum absolute atomic E-state index is 9.59. The third-order valence-corrected chi connectivity index (χ3v) is 2.32. The Bertz CT molecular complexity index is 152. The van der Waals surface area contributed by atoms with E-state index in [1.54, 1.807) is 0 Å². The Morgan fingerprint density at radius 3 is 2.73 bits per heavy atom. The number of β-amino-alcohol motifs (C(OH)–C–C–N with tert-alkyl or cyclic N) is 1. The Kier molecular flexibility index (Phi) is 2.93. The van der Waals surface area contributed by atoms with Gasteiger partial charge in [-0.25, -0.2) is 0 Å². The first-order valence-corrected chi connectivity index (χ1v) is 4.34. The first kappa shape index (κ1) is 9.04. The molecule has 0 aromatic rings. The van der Waals surface area contributed by atoms with Gasteiger partial charge in [0.05, 0.1) is 5.60 Å². The van der Waals surface area contributed by atoms with E-state index in [2.05, 4.69) is 4.90 Å². The molecule has 1 aliphatic heterocycles. The van der Waals surface area contributed by atoms with Gasteiger partial charge in [0, 0.05) is 25.2 Å². The van der Waals surface area contributed by atoms with Crippen LogP contribution in [-0.4, -0.2) is 35.2 Å². The van der Waals surface area contributed by atoms with E-state index in [4.69, 9.17) is 11.6 Å². The van der Waals surface area contributed by atoms with Gasteiger partial charge in [-0.1, -0.05) is 24.6 Å². The zero-order valence-corrected chi connectivity index (χ0v) is 7.51. The van der Waals surface area contributed by atoms with Crippen molar-refractivity contribution in [3.63, 3.8) is 0 Å². The van der Waals surface area contributed by atoms with Crippen molar-refractivity contribution in [2.45, 2.75) is 18.9 Å². The first-order chi connectivity index (χ1) is 5.20. The molecule has 0 aliphatic carbocycles. The van der Waals surface area contributed by atoms with Gasteiger partial charge in [0.25, 0.3) is 0 Å². The van der Waals surface area contributed by atoms with Crippen molar-refractivity contribution in [3.05, 3.63) is 11.6 Å². The molecule has 11 heavy (non-hydrogen) atoms. The van der Waals surface area contributed by atoms with E-state index in [9.17, 15) is 5.11 Å². The van der Waals surface area contributed by atoms with Crippen molar-refractivity contribution >= 4 is 11.6 Å². The smallest absolute Gasteiger partial charge is 0.0897 e. The van der Waals surface area contributed by atoms with Crippen LogP contribution in [0.2, 0.25) is 0 Å². The highest BCUT2D eigenvalue weighted by atomic mass is 35.5. The van der Waals surface area contributed by atoms with Gasteiger partial charge in [-0.05, 0) is 6.42 Å². The van der Waals surface area contributed by atoms with Crippen LogP contribution < -0.4 is 0 Å². The van der Waals surface area contributed by atoms with Gasteiger partial charge in [0.2, 0.25) is 0 Å². The maximum Gasteiger partial charge on any atom is 0.0897 e. The summed E-state index contributed by atoms with van der Waals surface area (Å²) in [6.07, 6.45) is 2.73. The molecule has 1 N–H and O–H groups in total. The van der Waals surface area contributed by atoms with Gasteiger partial charge >= 0.3 is 0 Å². The second-order valence-corrected chi connectivity index (χ2v) is 3.36. The van der Waals surface area contributed by atoms with Crippen LogP contribution in [0.5, 0.6) is 0 Å². The molecule has 3 heteroatoms. The molecule has 0 aromatic carbocycles. The van der Waals surface area contributed by atoms with Crippen LogP contribution in [0.1, 0.15) is 13.3 Å². The molecule has 0 saturated carbocycles. The van der Waals surface area contributed by atoms with Gasteiger partial charge in [0.15, 0.2) is 0 Å². The highest BCUT2D eigenvalue weighted by molar-refractivity contribution is 6.25. The summed E-state index contributed by atoms with van der Waals surface area (Å²) in [5.74, 6) is 0. The summed E-state index contributed by atoms with van der Waals surface area (Å²) < 4.78 is 0. The van der Waals surface area contributed by atoms with Crippen molar-refractivity contribution in [1.82, 2.24) is 4.90 Å². The van der Waals surface area contributed by atoms with Gasteiger partial charge < -0.3 is 5.11 Å². The zero-order valence-electron chi connectivity index (χ0n) is 6.76. The normalized spacial score (nSPS) is 23.9. The molecule has 1 heterocycles. The number of nitrogens with zero attached hydrogens (tertiary/aromatic N) is 1. The minimum atomic E-state index is -0.417. The third kappa shape index (κ3) is 2.19. The van der Waals surface area contributed by atoms with Crippen molar-refractivity contribution in [3.8, 4) is 0 Å². The van der Waals surface area contributed by atoms with Crippen LogP contribution in [0.3, 0.4) is 0 Å². The molecule has 0 spiro atoms. The van der Waals surface area contributed by atoms with Crippen LogP contribution in [0.4, 0.5) is 0 Å². The van der Waals surface area contributed by atoms with Gasteiger partial charge in [-0.15, -0.1) is 0 Å². The van der Waals surface area contributed by atoms with E-state index in [1.807, 2.05) is 13.0 Å². The second-order valence-electron chi connectivity index (χ2n) is 3.11. The van der Waals surface area contributed by atoms with E-state index in [1.165, 1.54) is 5.54 Å². The molecule has 0 radical (unpaired) electrons. The summed E-state index contributed by atoms with van der Waals surface area (Å²) in [6, 6.07) is 0. The molecule has 1 fully saturated rings. The number of hydrogen-bond acceptors (Lipinski definition) is 2. The fourth-order valence-corrected chi connectivity index (χ4v) is 1.41. The minimum absolute atomic E-state index is 0.417. The molecule has 1 rings (SSSR count). The Morgan fingerprint density at radius 2 is 2.27 bits per heavy atom. The summed E-state index contributed by atoms with van der Waals surface area (Å²) in [7, 11) is 0. The van der Waals surface area contributed by atoms with Crippen LogP contribution in [0.15, 0.2) is 11.6 Å². The van der Waals surface area contributed by atoms with Crippen molar-refractivity contribution < 1.29 is 5.11 Å². The molecule has 2 nitrogen and oxygen atoms in total. The molecule has 64 valence electrons. The lowest BCUT2D eigenvalue weighted by molar-refractivity contribution is -0.0943. The molecule has 1 saturated heterocycles. The average molecular weight is 176 g/mol. The lowest BCUT2D eigenvalue weighted by Crippen LogP contribution is -2.61. The van der Waals surface area contributed by atoms with Crippen molar-refractivity contribution in [2.75, 3.05) is 19.6 Å². The maximum atomic E-state index is 9.59. The third-order valence-electron chi connectivity index (χ3n) is 2.15. The largest absolute Gasteiger partial charge is 0.387 e. The molecule has 0 aromatic heterocycles. The average Bonchev–Trinajstić information content (AvgIpc) is 1.96. The van der Waals surface area contributed by atoms with Crippen molar-refractivity contribution in [1.29, 1.82) is 0 Å². The molecular formula is C8H14ClNO. The van der Waals surface area contributed by atoms with E-state index in [0.717, 1.165) is 26.1 Å². The minimum Gasteiger partial charge on any atom is -0.387 e. The van der Waals surface area contributed by atoms with Crippen LogP contribution >= 0.6 is 11.6 Å². The van der Waals surface area contributed by atoms with Gasteiger partial charge in [0.1, 0.15) is 0 Å². The molecule has 1 aliphatic rings. The fraction of sp³-hybridized carbons (Fsp3) is 0.750. The summed E-state index contributed by atoms with van der Waals surface area (Å²) in [4.78, 5) is 2.16. The van der Waals surface area contributed by atoms with E-state index in [0.29, 0.717) is 0 Å². The summed E-state index contributed by atoms with van der Waals surface area (Å²) in [6.45, 7) is 4.43. The number of likely N-dealkylation sites (tertiary alicyclic amines) is 1. The molecular weight excluding hydrogens is 162 g/mol. The van der Waals surface area contributed by atoms with Gasteiger partial charge in [-0.3, -0.25) is 4.90 Å². The highest BCUT2D eigenvalue weighted by Gasteiger charge is 2.38. The quantitative estimate of drug-likeness (QED) is 0.697. The topological polar surface area (TPSA) is 23.5 Å². The summed E-state index contributed by atoms with van der Waals surface area (Å²) in [5.41, 5.74) is 1.10. The predicted octanol–water partition coefficient (Wildman–Crippen LogP) is 1.20. The second kappa shape index (κ2) is 3.57. The first-order valence-electron chi connectivity index (χ1n) is 3.90. The standard InChI is InChI=1S/C8H14ClNO/c1-2-8(11)6-10(7-8)5-3-4-9/h3-4,11H,2,5-7H2,1H3/b4-3+. The fourth-order valence-electron chi connectivity index (χ4n) is 1.33.